The predicted molar refractivity (Wildman–Crippen MR) is 115 cm³/mol. The van der Waals surface area contributed by atoms with Gasteiger partial charge in [-0.25, -0.2) is 4.79 Å². The molecular weight excluding hydrogens is 382 g/mol. The van der Waals surface area contributed by atoms with Crippen LogP contribution in [0.4, 0.5) is 4.79 Å². The molecule has 1 N–H and O–H groups in total. The zero-order valence-corrected chi connectivity index (χ0v) is 18.4. The summed E-state index contributed by atoms with van der Waals surface area (Å²) >= 11 is 0. The number of rotatable bonds is 5. The molecule has 166 valence electrons. The van der Waals surface area contributed by atoms with Crippen molar-refractivity contribution in [2.24, 2.45) is 5.92 Å². The molecule has 2 saturated heterocycles. The molecule has 2 fully saturated rings. The van der Waals surface area contributed by atoms with Crippen molar-refractivity contribution in [2.45, 2.75) is 45.3 Å². The largest absolute Gasteiger partial charge is 0.444 e. The van der Waals surface area contributed by atoms with Gasteiger partial charge in [-0.2, -0.15) is 0 Å². The van der Waals surface area contributed by atoms with E-state index in [1.165, 1.54) is 0 Å². The van der Waals surface area contributed by atoms with E-state index in [4.69, 9.17) is 9.47 Å². The number of carbonyl (C=O) groups is 2. The average Bonchev–Trinajstić information content (AvgIpc) is 2.73. The van der Waals surface area contributed by atoms with Gasteiger partial charge >= 0.3 is 6.09 Å². The summed E-state index contributed by atoms with van der Waals surface area (Å²) in [6.07, 6.45) is 1.02. The van der Waals surface area contributed by atoms with Crippen LogP contribution in [-0.4, -0.2) is 73.3 Å². The van der Waals surface area contributed by atoms with Crippen molar-refractivity contribution >= 4 is 12.0 Å². The third-order valence-corrected chi connectivity index (χ3v) is 5.58. The van der Waals surface area contributed by atoms with Gasteiger partial charge in [0.05, 0.1) is 19.3 Å². The van der Waals surface area contributed by atoms with Gasteiger partial charge in [0.1, 0.15) is 5.60 Å². The lowest BCUT2D eigenvalue weighted by Crippen LogP contribution is -2.47. The highest BCUT2D eigenvalue weighted by Crippen LogP contribution is 2.22. The third-order valence-electron chi connectivity index (χ3n) is 5.58. The topological polar surface area (TPSA) is 71.1 Å². The Morgan fingerprint density at radius 3 is 2.33 bits per heavy atom. The van der Waals surface area contributed by atoms with Crippen LogP contribution in [0.5, 0.6) is 0 Å². The standard InChI is InChI=1S/C23H35N3O4/c1-23(2,3)30-22(28)26-11-9-19(10-12-26)21(27)24-20(18-7-5-4-6-8-18)17-25-13-15-29-16-14-25/h4-8,19-20H,9-17H2,1-3H3,(H,24,27)/t20-/m0/s1. The van der Waals surface area contributed by atoms with Crippen molar-refractivity contribution in [2.75, 3.05) is 45.9 Å². The van der Waals surface area contributed by atoms with E-state index in [2.05, 4.69) is 22.3 Å². The summed E-state index contributed by atoms with van der Waals surface area (Å²) in [6.45, 7) is 10.7. The number of piperidine rings is 1. The van der Waals surface area contributed by atoms with Crippen LogP contribution in [-0.2, 0) is 14.3 Å². The molecule has 3 rings (SSSR count). The van der Waals surface area contributed by atoms with E-state index in [0.29, 0.717) is 25.9 Å². The van der Waals surface area contributed by atoms with Gasteiger partial charge in [-0.15, -0.1) is 0 Å². The summed E-state index contributed by atoms with van der Waals surface area (Å²) in [6, 6.07) is 10.1. The summed E-state index contributed by atoms with van der Waals surface area (Å²) in [5.74, 6) is -0.0134. The quantitative estimate of drug-likeness (QED) is 0.798. The molecule has 2 aliphatic heterocycles. The van der Waals surface area contributed by atoms with E-state index in [1.807, 2.05) is 39.0 Å². The molecule has 7 heteroatoms. The van der Waals surface area contributed by atoms with Crippen LogP contribution in [0.2, 0.25) is 0 Å². The minimum Gasteiger partial charge on any atom is -0.444 e. The first-order valence-electron chi connectivity index (χ1n) is 11.0. The predicted octanol–water partition coefficient (Wildman–Crippen LogP) is 2.82. The van der Waals surface area contributed by atoms with Gasteiger partial charge in [0.2, 0.25) is 5.91 Å². The second kappa shape index (κ2) is 10.3. The van der Waals surface area contributed by atoms with Gasteiger partial charge in [-0.05, 0) is 39.2 Å². The number of carbonyl (C=O) groups excluding carboxylic acids is 2. The molecule has 0 radical (unpaired) electrons. The van der Waals surface area contributed by atoms with Gasteiger partial charge in [0.25, 0.3) is 0 Å². The molecule has 1 atom stereocenters. The summed E-state index contributed by atoms with van der Waals surface area (Å²) < 4.78 is 10.9. The molecule has 0 unspecified atom stereocenters. The molecule has 2 aliphatic rings. The maximum Gasteiger partial charge on any atom is 0.410 e. The number of benzene rings is 1. The fourth-order valence-electron chi connectivity index (χ4n) is 3.90. The summed E-state index contributed by atoms with van der Waals surface area (Å²) in [7, 11) is 0. The molecule has 7 nitrogen and oxygen atoms in total. The minimum atomic E-state index is -0.506. The molecule has 0 aromatic heterocycles. The lowest BCUT2D eigenvalue weighted by atomic mass is 9.95. The number of likely N-dealkylation sites (tertiary alicyclic amines) is 1. The zero-order valence-electron chi connectivity index (χ0n) is 18.4. The van der Waals surface area contributed by atoms with Crippen LogP contribution in [0.15, 0.2) is 30.3 Å². The van der Waals surface area contributed by atoms with Crippen LogP contribution in [0.3, 0.4) is 0 Å². The van der Waals surface area contributed by atoms with Crippen molar-refractivity contribution in [3.05, 3.63) is 35.9 Å². The number of amides is 2. The highest BCUT2D eigenvalue weighted by Gasteiger charge is 2.31. The van der Waals surface area contributed by atoms with Gasteiger partial charge in [0.15, 0.2) is 0 Å². The molecule has 0 spiro atoms. The molecule has 0 aliphatic carbocycles. The molecule has 30 heavy (non-hydrogen) atoms. The fraction of sp³-hybridized carbons (Fsp3) is 0.652. The lowest BCUT2D eigenvalue weighted by Gasteiger charge is -2.34. The Balaban J connectivity index is 1.56. The number of ether oxygens (including phenoxy) is 2. The Morgan fingerprint density at radius 1 is 1.10 bits per heavy atom. The number of morpholine rings is 1. The van der Waals surface area contributed by atoms with E-state index in [0.717, 1.165) is 38.4 Å². The highest BCUT2D eigenvalue weighted by molar-refractivity contribution is 5.79. The first-order valence-corrected chi connectivity index (χ1v) is 11.0. The highest BCUT2D eigenvalue weighted by atomic mass is 16.6. The summed E-state index contributed by atoms with van der Waals surface area (Å²) in [5, 5.41) is 3.28. The van der Waals surface area contributed by atoms with Crippen LogP contribution in [0.1, 0.15) is 45.2 Å². The maximum absolute atomic E-state index is 13.0. The van der Waals surface area contributed by atoms with E-state index in [-0.39, 0.29) is 24.0 Å². The Bertz CT molecular complexity index is 690. The number of nitrogens with one attached hydrogen (secondary N) is 1. The van der Waals surface area contributed by atoms with Crippen LogP contribution in [0.25, 0.3) is 0 Å². The number of nitrogens with zero attached hydrogens (tertiary/aromatic N) is 2. The van der Waals surface area contributed by atoms with Crippen molar-refractivity contribution in [3.8, 4) is 0 Å². The monoisotopic (exact) mass is 417 g/mol. The maximum atomic E-state index is 13.0. The third kappa shape index (κ3) is 6.71. The Hall–Kier alpha value is -2.12. The second-order valence-electron chi connectivity index (χ2n) is 9.13. The van der Waals surface area contributed by atoms with E-state index in [1.54, 1.807) is 4.90 Å². The van der Waals surface area contributed by atoms with E-state index in [9.17, 15) is 9.59 Å². The molecule has 2 heterocycles. The smallest absolute Gasteiger partial charge is 0.410 e. The molecular formula is C23H35N3O4. The molecule has 2 amide bonds. The summed E-state index contributed by atoms with van der Waals surface area (Å²) in [5.41, 5.74) is 0.608. The van der Waals surface area contributed by atoms with Crippen LogP contribution < -0.4 is 5.32 Å². The number of hydrogen-bond acceptors (Lipinski definition) is 5. The summed E-state index contributed by atoms with van der Waals surface area (Å²) in [4.78, 5) is 29.3. The fourth-order valence-corrected chi connectivity index (χ4v) is 3.90. The van der Waals surface area contributed by atoms with Gasteiger partial charge < -0.3 is 19.7 Å². The normalized spacial score (nSPS) is 19.9. The minimum absolute atomic E-state index is 0.0549. The van der Waals surface area contributed by atoms with E-state index >= 15 is 0 Å². The second-order valence-corrected chi connectivity index (χ2v) is 9.13. The number of hydrogen-bond donors (Lipinski definition) is 1. The van der Waals surface area contributed by atoms with E-state index < -0.39 is 5.60 Å². The van der Waals surface area contributed by atoms with Crippen LogP contribution in [0, 0.1) is 5.92 Å². The van der Waals surface area contributed by atoms with Crippen molar-refractivity contribution < 1.29 is 19.1 Å². The Morgan fingerprint density at radius 2 is 1.73 bits per heavy atom. The van der Waals surface area contributed by atoms with Gasteiger partial charge in [-0.3, -0.25) is 9.69 Å². The van der Waals surface area contributed by atoms with Crippen molar-refractivity contribution in [1.82, 2.24) is 15.1 Å². The Kier molecular flexibility index (Phi) is 7.72. The first-order chi connectivity index (χ1) is 14.3. The average molecular weight is 418 g/mol. The van der Waals surface area contributed by atoms with Crippen molar-refractivity contribution in [3.63, 3.8) is 0 Å². The molecule has 1 aromatic carbocycles. The van der Waals surface area contributed by atoms with Gasteiger partial charge in [0, 0.05) is 38.6 Å². The SMILES string of the molecule is CC(C)(C)OC(=O)N1CCC(C(=O)N[C@@H](CN2CCOCC2)c2ccccc2)CC1. The zero-order chi connectivity index (χ0) is 21.6. The molecule has 1 aromatic rings. The Labute approximate surface area is 179 Å². The van der Waals surface area contributed by atoms with Crippen molar-refractivity contribution in [1.29, 1.82) is 0 Å². The lowest BCUT2D eigenvalue weighted by molar-refractivity contribution is -0.127. The van der Waals surface area contributed by atoms with Crippen LogP contribution >= 0.6 is 0 Å². The van der Waals surface area contributed by atoms with Gasteiger partial charge in [-0.1, -0.05) is 30.3 Å². The first kappa shape index (κ1) is 22.6. The molecule has 0 bridgehead atoms. The molecule has 0 saturated carbocycles.